The highest BCUT2D eigenvalue weighted by Crippen LogP contribution is 2.40. The van der Waals surface area contributed by atoms with Gasteiger partial charge in [-0.05, 0) is 51.8 Å². The predicted octanol–water partition coefficient (Wildman–Crippen LogP) is 6.75. The number of amides is 1. The van der Waals surface area contributed by atoms with E-state index in [0.717, 1.165) is 16.7 Å². The monoisotopic (exact) mass is 468 g/mol. The van der Waals surface area contributed by atoms with E-state index < -0.39 is 5.91 Å². The molecule has 0 saturated carbocycles. The van der Waals surface area contributed by atoms with E-state index in [1.54, 1.807) is 30.3 Å². The third kappa shape index (κ3) is 4.85. The minimum absolute atomic E-state index is 0.0112. The van der Waals surface area contributed by atoms with Gasteiger partial charge in [-0.1, -0.05) is 71.9 Å². The lowest BCUT2D eigenvalue weighted by atomic mass is 9.77. The molecule has 0 aliphatic heterocycles. The molecule has 1 heterocycles. The Labute approximate surface area is 205 Å². The molecule has 4 rings (SSSR count). The standard InChI is InChI=1S/C30H32N2O3/c1-29(2,3)18-11-13-20(24(15-18)30(4,5)6)21-14-12-19(33)16-26(21)32-28(35)23-17-31-25-10-8-7-9-22(25)27(23)34/h7-17,33H,1-6H3,(H,31,34)(H,32,35). The van der Waals surface area contributed by atoms with Crippen LogP contribution in [-0.2, 0) is 10.8 Å². The largest absolute Gasteiger partial charge is 0.508 e. The Balaban J connectivity index is 1.82. The number of anilines is 1. The van der Waals surface area contributed by atoms with Gasteiger partial charge in [-0.3, -0.25) is 9.59 Å². The quantitative estimate of drug-likeness (QED) is 0.311. The third-order valence-corrected chi connectivity index (χ3v) is 6.27. The average molecular weight is 469 g/mol. The smallest absolute Gasteiger partial charge is 0.261 e. The zero-order valence-electron chi connectivity index (χ0n) is 21.1. The highest BCUT2D eigenvalue weighted by Gasteiger charge is 2.24. The number of hydrogen-bond acceptors (Lipinski definition) is 3. The first-order valence-corrected chi connectivity index (χ1v) is 11.8. The van der Waals surface area contributed by atoms with Crippen LogP contribution in [0.5, 0.6) is 5.75 Å². The number of phenols is 1. The lowest BCUT2D eigenvalue weighted by Gasteiger charge is -2.28. The lowest BCUT2D eigenvalue weighted by Crippen LogP contribution is -2.22. The molecule has 0 unspecified atom stereocenters. The molecule has 5 heteroatoms. The molecule has 0 radical (unpaired) electrons. The number of aromatic nitrogens is 1. The molecule has 0 spiro atoms. The molecule has 1 aromatic heterocycles. The van der Waals surface area contributed by atoms with Crippen molar-refractivity contribution in [2.24, 2.45) is 0 Å². The number of pyridine rings is 1. The molecule has 4 aromatic rings. The highest BCUT2D eigenvalue weighted by molar-refractivity contribution is 6.07. The summed E-state index contributed by atoms with van der Waals surface area (Å²) in [5, 5.41) is 13.5. The molecule has 0 bridgehead atoms. The van der Waals surface area contributed by atoms with E-state index in [2.05, 4.69) is 70.0 Å². The van der Waals surface area contributed by atoms with Crippen LogP contribution in [0.3, 0.4) is 0 Å². The van der Waals surface area contributed by atoms with Crippen LogP contribution in [0.1, 0.15) is 63.0 Å². The van der Waals surface area contributed by atoms with Crippen LogP contribution in [0, 0.1) is 0 Å². The van der Waals surface area contributed by atoms with Gasteiger partial charge in [0.2, 0.25) is 5.43 Å². The number of aromatic hydroxyl groups is 1. The number of hydrogen-bond donors (Lipinski definition) is 3. The van der Waals surface area contributed by atoms with Gasteiger partial charge in [-0.15, -0.1) is 0 Å². The summed E-state index contributed by atoms with van der Waals surface area (Å²) in [6.07, 6.45) is 1.43. The molecular formula is C30H32N2O3. The van der Waals surface area contributed by atoms with Crippen molar-refractivity contribution in [3.05, 3.63) is 93.8 Å². The van der Waals surface area contributed by atoms with E-state index in [9.17, 15) is 14.7 Å². The van der Waals surface area contributed by atoms with Crippen molar-refractivity contribution in [1.82, 2.24) is 4.98 Å². The number of nitrogens with one attached hydrogen (secondary N) is 2. The van der Waals surface area contributed by atoms with E-state index in [1.807, 2.05) is 6.07 Å². The number of carbonyl (C=O) groups excluding carboxylic acids is 1. The van der Waals surface area contributed by atoms with Crippen LogP contribution >= 0.6 is 0 Å². The van der Waals surface area contributed by atoms with Gasteiger partial charge in [0.15, 0.2) is 0 Å². The van der Waals surface area contributed by atoms with Crippen LogP contribution in [-0.4, -0.2) is 16.0 Å². The number of aromatic amines is 1. The summed E-state index contributed by atoms with van der Waals surface area (Å²) in [7, 11) is 0. The fourth-order valence-corrected chi connectivity index (χ4v) is 4.26. The van der Waals surface area contributed by atoms with Gasteiger partial charge < -0.3 is 15.4 Å². The van der Waals surface area contributed by atoms with Crippen LogP contribution in [0.4, 0.5) is 5.69 Å². The summed E-state index contributed by atoms with van der Waals surface area (Å²) in [6.45, 7) is 13.0. The Morgan fingerprint density at radius 1 is 0.857 bits per heavy atom. The van der Waals surface area contributed by atoms with Crippen molar-refractivity contribution in [3.8, 4) is 16.9 Å². The van der Waals surface area contributed by atoms with Gasteiger partial charge in [0.25, 0.3) is 5.91 Å². The molecule has 0 saturated heterocycles. The first kappa shape index (κ1) is 24.3. The molecule has 180 valence electrons. The Morgan fingerprint density at radius 3 is 2.23 bits per heavy atom. The summed E-state index contributed by atoms with van der Waals surface area (Å²) in [6, 6.07) is 18.4. The number of para-hydroxylation sites is 1. The molecule has 5 nitrogen and oxygen atoms in total. The number of H-pyrrole nitrogens is 1. The minimum atomic E-state index is -0.535. The van der Waals surface area contributed by atoms with Gasteiger partial charge >= 0.3 is 0 Å². The molecular weight excluding hydrogens is 436 g/mol. The zero-order chi connectivity index (χ0) is 25.5. The molecule has 0 atom stereocenters. The van der Waals surface area contributed by atoms with Gasteiger partial charge in [0, 0.05) is 28.7 Å². The van der Waals surface area contributed by atoms with E-state index in [1.165, 1.54) is 17.8 Å². The Morgan fingerprint density at radius 2 is 1.54 bits per heavy atom. The molecule has 3 N–H and O–H groups in total. The summed E-state index contributed by atoms with van der Waals surface area (Å²) >= 11 is 0. The van der Waals surface area contributed by atoms with Gasteiger partial charge in [-0.25, -0.2) is 0 Å². The first-order chi connectivity index (χ1) is 16.4. The number of benzene rings is 3. The number of carbonyl (C=O) groups is 1. The first-order valence-electron chi connectivity index (χ1n) is 11.8. The van der Waals surface area contributed by atoms with E-state index in [4.69, 9.17) is 0 Å². The second-order valence-electron chi connectivity index (χ2n) is 11.0. The van der Waals surface area contributed by atoms with Crippen molar-refractivity contribution >= 4 is 22.5 Å². The zero-order valence-corrected chi connectivity index (χ0v) is 21.1. The normalized spacial score (nSPS) is 12.1. The van der Waals surface area contributed by atoms with E-state index in [-0.39, 0.29) is 27.6 Å². The van der Waals surface area contributed by atoms with Crippen LogP contribution in [0.25, 0.3) is 22.0 Å². The fraction of sp³-hybridized carbons (Fsp3) is 0.267. The fourth-order valence-electron chi connectivity index (χ4n) is 4.26. The average Bonchev–Trinajstić information content (AvgIpc) is 2.78. The van der Waals surface area contributed by atoms with Crippen molar-refractivity contribution in [2.75, 3.05) is 5.32 Å². The second-order valence-corrected chi connectivity index (χ2v) is 11.0. The molecule has 0 fully saturated rings. The van der Waals surface area contributed by atoms with Crippen molar-refractivity contribution < 1.29 is 9.90 Å². The van der Waals surface area contributed by atoms with Crippen molar-refractivity contribution in [1.29, 1.82) is 0 Å². The second kappa shape index (κ2) is 8.73. The summed E-state index contributed by atoms with van der Waals surface area (Å²) in [5.41, 5.74) is 4.70. The van der Waals surface area contributed by atoms with E-state index in [0.29, 0.717) is 16.6 Å². The maximum atomic E-state index is 13.2. The topological polar surface area (TPSA) is 82.2 Å². The Bertz CT molecular complexity index is 1480. The summed E-state index contributed by atoms with van der Waals surface area (Å²) in [5.74, 6) is -0.507. The third-order valence-electron chi connectivity index (χ3n) is 6.27. The van der Waals surface area contributed by atoms with Gasteiger partial charge in [0.05, 0.1) is 5.69 Å². The SMILES string of the molecule is CC(C)(C)c1ccc(-c2ccc(O)cc2NC(=O)c2c[nH]c3ccccc3c2=O)c(C(C)(C)C)c1. The number of rotatable bonds is 3. The maximum absolute atomic E-state index is 13.2. The lowest BCUT2D eigenvalue weighted by molar-refractivity contribution is 0.102. The summed E-state index contributed by atoms with van der Waals surface area (Å²) in [4.78, 5) is 29.2. The predicted molar refractivity (Wildman–Crippen MR) is 143 cm³/mol. The van der Waals surface area contributed by atoms with Crippen molar-refractivity contribution in [3.63, 3.8) is 0 Å². The van der Waals surface area contributed by atoms with E-state index >= 15 is 0 Å². The van der Waals surface area contributed by atoms with Crippen LogP contribution in [0.2, 0.25) is 0 Å². The van der Waals surface area contributed by atoms with Crippen molar-refractivity contribution in [2.45, 2.75) is 52.4 Å². The van der Waals surface area contributed by atoms with Gasteiger partial charge in [0.1, 0.15) is 11.3 Å². The molecule has 35 heavy (non-hydrogen) atoms. The molecule has 1 amide bonds. The Kier molecular flexibility index (Phi) is 6.05. The minimum Gasteiger partial charge on any atom is -0.508 e. The summed E-state index contributed by atoms with van der Waals surface area (Å²) < 4.78 is 0. The maximum Gasteiger partial charge on any atom is 0.261 e. The number of fused-ring (bicyclic) bond motifs is 1. The van der Waals surface area contributed by atoms with Crippen LogP contribution < -0.4 is 10.7 Å². The molecule has 0 aliphatic rings. The highest BCUT2D eigenvalue weighted by atomic mass is 16.3. The van der Waals surface area contributed by atoms with Crippen LogP contribution in [0.15, 0.2) is 71.7 Å². The molecule has 3 aromatic carbocycles. The number of phenolic OH excluding ortho intramolecular Hbond substituents is 1. The van der Waals surface area contributed by atoms with Gasteiger partial charge in [-0.2, -0.15) is 0 Å². The molecule has 0 aliphatic carbocycles. The Hall–Kier alpha value is -3.86.